The summed E-state index contributed by atoms with van der Waals surface area (Å²) >= 11 is 0. The predicted octanol–water partition coefficient (Wildman–Crippen LogP) is 1.97. The second kappa shape index (κ2) is 6.56. The second-order valence-electron chi connectivity index (χ2n) is 5.21. The van der Waals surface area contributed by atoms with E-state index in [9.17, 15) is 14.7 Å². The lowest BCUT2D eigenvalue weighted by Gasteiger charge is -2.30. The summed E-state index contributed by atoms with van der Waals surface area (Å²) < 4.78 is 9.73. The molecule has 1 heterocycles. The van der Waals surface area contributed by atoms with E-state index in [1.165, 1.54) is 26.4 Å². The van der Waals surface area contributed by atoms with Crippen LogP contribution in [0.2, 0.25) is 0 Å². The Balaban J connectivity index is 2.69. The highest BCUT2D eigenvalue weighted by Crippen LogP contribution is 2.39. The van der Waals surface area contributed by atoms with Crippen molar-refractivity contribution in [2.24, 2.45) is 0 Å². The van der Waals surface area contributed by atoms with Gasteiger partial charge in [-0.3, -0.25) is 0 Å². The van der Waals surface area contributed by atoms with E-state index in [4.69, 9.17) is 9.47 Å². The number of allylic oxidation sites excluding steroid dienone is 2. The van der Waals surface area contributed by atoms with Crippen molar-refractivity contribution < 1.29 is 24.2 Å². The van der Waals surface area contributed by atoms with Gasteiger partial charge in [0.05, 0.1) is 31.3 Å². The van der Waals surface area contributed by atoms with Gasteiger partial charge in [0.1, 0.15) is 5.75 Å². The molecular formula is C17H19NO5. The number of benzene rings is 1. The maximum atomic E-state index is 12.3. The number of hydrogen-bond acceptors (Lipinski definition) is 6. The molecule has 2 rings (SSSR count). The van der Waals surface area contributed by atoms with E-state index in [0.29, 0.717) is 28.1 Å². The van der Waals surface area contributed by atoms with Crippen molar-refractivity contribution in [3.8, 4) is 5.75 Å². The average molecular weight is 317 g/mol. The minimum atomic E-state index is -0.678. The summed E-state index contributed by atoms with van der Waals surface area (Å²) in [6.45, 7) is 3.47. The van der Waals surface area contributed by atoms with Gasteiger partial charge in [-0.05, 0) is 31.5 Å². The first-order chi connectivity index (χ1) is 10.9. The van der Waals surface area contributed by atoms with Crippen molar-refractivity contribution in [1.82, 2.24) is 5.32 Å². The van der Waals surface area contributed by atoms with E-state index in [0.717, 1.165) is 0 Å². The Morgan fingerprint density at radius 2 is 1.57 bits per heavy atom. The molecule has 23 heavy (non-hydrogen) atoms. The van der Waals surface area contributed by atoms with Crippen LogP contribution in [0.4, 0.5) is 0 Å². The Morgan fingerprint density at radius 1 is 1.04 bits per heavy atom. The van der Waals surface area contributed by atoms with Gasteiger partial charge in [-0.15, -0.1) is 0 Å². The molecule has 2 N–H and O–H groups in total. The first-order valence-electron chi connectivity index (χ1n) is 7.04. The molecule has 0 spiro atoms. The topological polar surface area (TPSA) is 84.9 Å². The van der Waals surface area contributed by atoms with Crippen LogP contribution >= 0.6 is 0 Å². The molecule has 0 radical (unpaired) electrons. The first kappa shape index (κ1) is 16.6. The molecule has 0 bridgehead atoms. The number of methoxy groups -OCH3 is 2. The van der Waals surface area contributed by atoms with Gasteiger partial charge < -0.3 is 19.9 Å². The van der Waals surface area contributed by atoms with Gasteiger partial charge in [-0.1, -0.05) is 12.1 Å². The van der Waals surface area contributed by atoms with Gasteiger partial charge in [0, 0.05) is 11.4 Å². The Hall–Kier alpha value is -2.76. The van der Waals surface area contributed by atoms with E-state index in [2.05, 4.69) is 5.32 Å². The summed E-state index contributed by atoms with van der Waals surface area (Å²) in [5.41, 5.74) is 2.41. The maximum absolute atomic E-state index is 12.3. The Labute approximate surface area is 134 Å². The third kappa shape index (κ3) is 3.06. The SMILES string of the molecule is COC(=O)C1=C(C)NC(C)=C(C(=O)OC)C1c1cccc(O)c1. The monoisotopic (exact) mass is 317 g/mol. The molecule has 1 aliphatic rings. The molecule has 0 saturated heterocycles. The highest BCUT2D eigenvalue weighted by Gasteiger charge is 2.37. The number of phenolic OH excluding ortho intramolecular Hbond substituents is 1. The van der Waals surface area contributed by atoms with Crippen LogP contribution in [0.25, 0.3) is 0 Å². The fraction of sp³-hybridized carbons (Fsp3) is 0.294. The predicted molar refractivity (Wildman–Crippen MR) is 83.4 cm³/mol. The van der Waals surface area contributed by atoms with Crippen LogP contribution in [-0.4, -0.2) is 31.3 Å². The van der Waals surface area contributed by atoms with Crippen LogP contribution in [0.1, 0.15) is 25.3 Å². The zero-order valence-corrected chi connectivity index (χ0v) is 13.5. The minimum Gasteiger partial charge on any atom is -0.508 e. The number of ether oxygens (including phenoxy) is 2. The lowest BCUT2D eigenvalue weighted by molar-refractivity contribution is -0.137. The molecule has 0 amide bonds. The number of esters is 2. The summed E-state index contributed by atoms with van der Waals surface area (Å²) in [4.78, 5) is 24.5. The Kier molecular flexibility index (Phi) is 4.74. The van der Waals surface area contributed by atoms with E-state index >= 15 is 0 Å². The Morgan fingerprint density at radius 3 is 2.00 bits per heavy atom. The third-order valence-corrected chi connectivity index (χ3v) is 3.77. The maximum Gasteiger partial charge on any atom is 0.336 e. The molecule has 0 aromatic heterocycles. The van der Waals surface area contributed by atoms with Gasteiger partial charge in [0.25, 0.3) is 0 Å². The summed E-state index contributed by atoms with van der Waals surface area (Å²) in [7, 11) is 2.57. The molecule has 1 aromatic carbocycles. The van der Waals surface area contributed by atoms with Crippen LogP contribution in [0.15, 0.2) is 46.8 Å². The van der Waals surface area contributed by atoms with Gasteiger partial charge >= 0.3 is 11.9 Å². The number of aromatic hydroxyl groups is 1. The summed E-state index contributed by atoms with van der Waals surface area (Å²) in [5, 5.41) is 12.8. The third-order valence-electron chi connectivity index (χ3n) is 3.77. The minimum absolute atomic E-state index is 0.0461. The molecule has 0 saturated carbocycles. The molecule has 122 valence electrons. The summed E-state index contributed by atoms with van der Waals surface area (Å²) in [6.07, 6.45) is 0. The van der Waals surface area contributed by atoms with Crippen molar-refractivity contribution in [3.63, 3.8) is 0 Å². The number of phenols is 1. The van der Waals surface area contributed by atoms with Crippen molar-refractivity contribution in [3.05, 3.63) is 52.4 Å². The lowest BCUT2D eigenvalue weighted by atomic mass is 9.80. The van der Waals surface area contributed by atoms with Crippen LogP contribution in [0.5, 0.6) is 5.75 Å². The zero-order chi connectivity index (χ0) is 17.1. The number of carbonyl (C=O) groups is 2. The number of rotatable bonds is 3. The van der Waals surface area contributed by atoms with Crippen LogP contribution in [0, 0.1) is 0 Å². The van der Waals surface area contributed by atoms with Crippen LogP contribution in [0.3, 0.4) is 0 Å². The van der Waals surface area contributed by atoms with E-state index in [1.807, 2.05) is 0 Å². The fourth-order valence-electron chi connectivity index (χ4n) is 2.79. The molecule has 0 aliphatic carbocycles. The largest absolute Gasteiger partial charge is 0.508 e. The number of nitrogens with one attached hydrogen (secondary N) is 1. The first-order valence-corrected chi connectivity index (χ1v) is 7.04. The second-order valence-corrected chi connectivity index (χ2v) is 5.21. The quantitative estimate of drug-likeness (QED) is 0.829. The molecular weight excluding hydrogens is 298 g/mol. The standard InChI is InChI=1S/C17H19NO5/c1-9-13(16(20)22-3)15(11-6-5-7-12(19)8-11)14(10(2)18-9)17(21)23-4/h5-8,15,18-19H,1-4H3. The molecule has 6 nitrogen and oxygen atoms in total. The molecule has 1 aromatic rings. The average Bonchev–Trinajstić information content (AvgIpc) is 2.52. The fourth-order valence-corrected chi connectivity index (χ4v) is 2.79. The number of hydrogen-bond donors (Lipinski definition) is 2. The molecule has 6 heteroatoms. The van der Waals surface area contributed by atoms with Crippen molar-refractivity contribution in [2.75, 3.05) is 14.2 Å². The van der Waals surface area contributed by atoms with Gasteiger partial charge in [-0.2, -0.15) is 0 Å². The number of carbonyl (C=O) groups excluding carboxylic acids is 2. The lowest BCUT2D eigenvalue weighted by Crippen LogP contribution is -2.32. The summed E-state index contributed by atoms with van der Waals surface area (Å²) in [5.74, 6) is -1.72. The van der Waals surface area contributed by atoms with E-state index < -0.39 is 17.9 Å². The normalized spacial score (nSPS) is 15.3. The Bertz CT molecular complexity index is 679. The number of dihydropyridines is 1. The highest BCUT2D eigenvalue weighted by atomic mass is 16.5. The van der Waals surface area contributed by atoms with Crippen LogP contribution in [-0.2, 0) is 19.1 Å². The highest BCUT2D eigenvalue weighted by molar-refractivity contribution is 5.99. The van der Waals surface area contributed by atoms with E-state index in [1.54, 1.807) is 26.0 Å². The molecule has 1 aliphatic heterocycles. The zero-order valence-electron chi connectivity index (χ0n) is 13.5. The van der Waals surface area contributed by atoms with Crippen molar-refractivity contribution in [2.45, 2.75) is 19.8 Å². The molecule has 0 atom stereocenters. The molecule has 0 unspecified atom stereocenters. The van der Waals surface area contributed by atoms with Crippen molar-refractivity contribution >= 4 is 11.9 Å². The van der Waals surface area contributed by atoms with Gasteiger partial charge in [0.15, 0.2) is 0 Å². The van der Waals surface area contributed by atoms with Crippen LogP contribution < -0.4 is 5.32 Å². The molecule has 0 fully saturated rings. The van der Waals surface area contributed by atoms with E-state index in [-0.39, 0.29) is 5.75 Å². The van der Waals surface area contributed by atoms with Gasteiger partial charge in [0.2, 0.25) is 0 Å². The van der Waals surface area contributed by atoms with Gasteiger partial charge in [-0.25, -0.2) is 9.59 Å². The summed E-state index contributed by atoms with van der Waals surface area (Å²) in [6, 6.07) is 6.43. The van der Waals surface area contributed by atoms with Crippen molar-refractivity contribution in [1.29, 1.82) is 0 Å². The smallest absolute Gasteiger partial charge is 0.336 e.